The van der Waals surface area contributed by atoms with E-state index in [9.17, 15) is 13.2 Å². The SMILES string of the molecule is COc1ccc(CCNC(=O)c2cc(S(=O)(=O)N3CCCCC3)ccc2C)cc1OC. The molecule has 1 heterocycles. The summed E-state index contributed by atoms with van der Waals surface area (Å²) >= 11 is 0. The normalized spacial score (nSPS) is 14.8. The minimum absolute atomic E-state index is 0.171. The molecule has 1 aliphatic heterocycles. The summed E-state index contributed by atoms with van der Waals surface area (Å²) in [5.74, 6) is 1.00. The van der Waals surface area contributed by atoms with E-state index in [2.05, 4.69) is 5.32 Å². The lowest BCUT2D eigenvalue weighted by Gasteiger charge is -2.26. The highest BCUT2D eigenvalue weighted by atomic mass is 32.2. The summed E-state index contributed by atoms with van der Waals surface area (Å²) in [6, 6.07) is 10.4. The van der Waals surface area contributed by atoms with Crippen molar-refractivity contribution >= 4 is 15.9 Å². The predicted molar refractivity (Wildman–Crippen MR) is 119 cm³/mol. The number of rotatable bonds is 8. The van der Waals surface area contributed by atoms with E-state index in [1.54, 1.807) is 33.3 Å². The van der Waals surface area contributed by atoms with E-state index in [1.807, 2.05) is 18.2 Å². The molecule has 0 atom stereocenters. The second-order valence-corrected chi connectivity index (χ2v) is 9.57. The van der Waals surface area contributed by atoms with Crippen LogP contribution in [0.5, 0.6) is 11.5 Å². The number of benzene rings is 2. The molecule has 2 aromatic rings. The fourth-order valence-corrected chi connectivity index (χ4v) is 5.26. The van der Waals surface area contributed by atoms with Crippen LogP contribution >= 0.6 is 0 Å². The Morgan fingerprint density at radius 1 is 1.00 bits per heavy atom. The highest BCUT2D eigenvalue weighted by Gasteiger charge is 2.27. The first kappa shape index (κ1) is 23.1. The molecule has 2 aromatic carbocycles. The van der Waals surface area contributed by atoms with E-state index >= 15 is 0 Å². The van der Waals surface area contributed by atoms with Crippen molar-refractivity contribution in [1.82, 2.24) is 9.62 Å². The molecule has 1 saturated heterocycles. The highest BCUT2D eigenvalue weighted by molar-refractivity contribution is 7.89. The first-order valence-electron chi connectivity index (χ1n) is 10.5. The van der Waals surface area contributed by atoms with Crippen LogP contribution in [0.25, 0.3) is 0 Å². The van der Waals surface area contributed by atoms with Crippen LogP contribution < -0.4 is 14.8 Å². The average Bonchev–Trinajstić information content (AvgIpc) is 2.79. The zero-order valence-corrected chi connectivity index (χ0v) is 19.1. The largest absolute Gasteiger partial charge is 0.493 e. The number of ether oxygens (including phenoxy) is 2. The van der Waals surface area contributed by atoms with Crippen LogP contribution in [0.15, 0.2) is 41.3 Å². The molecule has 0 unspecified atom stereocenters. The standard InChI is InChI=1S/C23H30N2O5S/c1-17-7-9-19(31(27,28)25-13-5-4-6-14-25)16-20(17)23(26)24-12-11-18-8-10-21(29-2)22(15-18)30-3/h7-10,15-16H,4-6,11-14H2,1-3H3,(H,24,26). The monoisotopic (exact) mass is 446 g/mol. The van der Waals surface area contributed by atoms with Gasteiger partial charge < -0.3 is 14.8 Å². The zero-order chi connectivity index (χ0) is 22.4. The quantitative estimate of drug-likeness (QED) is 0.673. The van der Waals surface area contributed by atoms with Gasteiger partial charge in [0, 0.05) is 25.2 Å². The Morgan fingerprint density at radius 2 is 1.71 bits per heavy atom. The second-order valence-electron chi connectivity index (χ2n) is 7.64. The third-order valence-corrected chi connectivity index (χ3v) is 7.45. The number of carbonyl (C=O) groups excluding carboxylic acids is 1. The first-order valence-corrected chi connectivity index (χ1v) is 11.9. The lowest BCUT2D eigenvalue weighted by atomic mass is 10.1. The van der Waals surface area contributed by atoms with Gasteiger partial charge >= 0.3 is 0 Å². The van der Waals surface area contributed by atoms with Gasteiger partial charge in [0.2, 0.25) is 10.0 Å². The highest BCUT2D eigenvalue weighted by Crippen LogP contribution is 2.27. The third kappa shape index (κ3) is 5.37. The van der Waals surface area contributed by atoms with Crippen molar-refractivity contribution in [3.05, 3.63) is 53.1 Å². The van der Waals surface area contributed by atoms with Crippen molar-refractivity contribution in [3.8, 4) is 11.5 Å². The Balaban J connectivity index is 1.68. The maximum Gasteiger partial charge on any atom is 0.251 e. The molecule has 1 N–H and O–H groups in total. The van der Waals surface area contributed by atoms with Crippen LogP contribution in [0.2, 0.25) is 0 Å². The number of hydrogen-bond donors (Lipinski definition) is 1. The first-order chi connectivity index (χ1) is 14.9. The summed E-state index contributed by atoms with van der Waals surface area (Å²) in [6.07, 6.45) is 3.40. The van der Waals surface area contributed by atoms with Gasteiger partial charge in [0.1, 0.15) is 0 Å². The molecule has 7 nitrogen and oxygen atoms in total. The molecule has 0 saturated carbocycles. The molecule has 1 fully saturated rings. The van der Waals surface area contributed by atoms with Crippen LogP contribution in [0.3, 0.4) is 0 Å². The van der Waals surface area contributed by atoms with Crippen LogP contribution in [0.4, 0.5) is 0 Å². The Labute approximate surface area is 184 Å². The van der Waals surface area contributed by atoms with E-state index in [0.717, 1.165) is 30.4 Å². The summed E-state index contributed by atoms with van der Waals surface area (Å²) in [5, 5.41) is 2.89. The molecule has 1 aliphatic rings. The maximum atomic E-state index is 13.0. The Kier molecular flexibility index (Phi) is 7.56. The van der Waals surface area contributed by atoms with Gasteiger partial charge in [-0.25, -0.2) is 8.42 Å². The van der Waals surface area contributed by atoms with Crippen molar-refractivity contribution in [2.75, 3.05) is 33.9 Å². The van der Waals surface area contributed by atoms with Gasteiger partial charge in [0.25, 0.3) is 5.91 Å². The molecule has 0 bridgehead atoms. The van der Waals surface area contributed by atoms with Crippen LogP contribution in [0.1, 0.15) is 40.7 Å². The van der Waals surface area contributed by atoms with Gasteiger partial charge in [-0.2, -0.15) is 4.31 Å². The number of amides is 1. The minimum atomic E-state index is -3.59. The van der Waals surface area contributed by atoms with E-state index in [1.165, 1.54) is 10.4 Å². The molecule has 0 spiro atoms. The van der Waals surface area contributed by atoms with E-state index in [4.69, 9.17) is 9.47 Å². The molecule has 0 aromatic heterocycles. The number of methoxy groups -OCH3 is 2. The fourth-order valence-electron chi connectivity index (χ4n) is 3.71. The van der Waals surface area contributed by atoms with E-state index in [-0.39, 0.29) is 10.8 Å². The Bertz CT molecular complexity index is 1030. The number of aryl methyl sites for hydroxylation is 1. The molecule has 168 valence electrons. The predicted octanol–water partition coefficient (Wildman–Crippen LogP) is 3.16. The van der Waals surface area contributed by atoms with Crippen LogP contribution in [-0.4, -0.2) is 52.5 Å². The number of piperidine rings is 1. The second kappa shape index (κ2) is 10.2. The number of carbonyl (C=O) groups is 1. The summed E-state index contributed by atoms with van der Waals surface area (Å²) in [4.78, 5) is 12.9. The molecule has 31 heavy (non-hydrogen) atoms. The molecule has 1 amide bonds. The summed E-state index contributed by atoms with van der Waals surface area (Å²) < 4.78 is 38.0. The topological polar surface area (TPSA) is 84.9 Å². The molecule has 0 aliphatic carbocycles. The average molecular weight is 447 g/mol. The fraction of sp³-hybridized carbons (Fsp3) is 0.435. The van der Waals surface area contributed by atoms with E-state index < -0.39 is 10.0 Å². The zero-order valence-electron chi connectivity index (χ0n) is 18.3. The molecule has 3 rings (SSSR count). The van der Waals surface area contributed by atoms with Crippen molar-refractivity contribution < 1.29 is 22.7 Å². The molecular formula is C23H30N2O5S. The van der Waals surface area contributed by atoms with Gasteiger partial charge in [-0.1, -0.05) is 18.6 Å². The van der Waals surface area contributed by atoms with Gasteiger partial charge in [0.15, 0.2) is 11.5 Å². The van der Waals surface area contributed by atoms with Gasteiger partial charge in [-0.15, -0.1) is 0 Å². The number of sulfonamides is 1. The summed E-state index contributed by atoms with van der Waals surface area (Å²) in [5.41, 5.74) is 2.11. The van der Waals surface area contributed by atoms with Crippen molar-refractivity contribution in [1.29, 1.82) is 0 Å². The molecule has 8 heteroatoms. The number of hydrogen-bond acceptors (Lipinski definition) is 5. The lowest BCUT2D eigenvalue weighted by Crippen LogP contribution is -2.35. The minimum Gasteiger partial charge on any atom is -0.493 e. The van der Waals surface area contributed by atoms with Gasteiger partial charge in [-0.05, 0) is 61.6 Å². The van der Waals surface area contributed by atoms with Gasteiger partial charge in [-0.3, -0.25) is 4.79 Å². The van der Waals surface area contributed by atoms with E-state index in [0.29, 0.717) is 43.1 Å². The third-order valence-electron chi connectivity index (χ3n) is 5.55. The smallest absolute Gasteiger partial charge is 0.251 e. The maximum absolute atomic E-state index is 13.0. The van der Waals surface area contributed by atoms with Crippen molar-refractivity contribution in [2.24, 2.45) is 0 Å². The van der Waals surface area contributed by atoms with Crippen LogP contribution in [0, 0.1) is 6.92 Å². The molecule has 0 radical (unpaired) electrons. The summed E-state index contributed by atoms with van der Waals surface area (Å²) in [6.45, 7) is 3.28. The van der Waals surface area contributed by atoms with Crippen molar-refractivity contribution in [3.63, 3.8) is 0 Å². The van der Waals surface area contributed by atoms with Crippen LogP contribution in [-0.2, 0) is 16.4 Å². The number of nitrogens with one attached hydrogen (secondary N) is 1. The Morgan fingerprint density at radius 3 is 2.39 bits per heavy atom. The molecular weight excluding hydrogens is 416 g/mol. The summed E-state index contributed by atoms with van der Waals surface area (Å²) in [7, 11) is -0.422. The lowest BCUT2D eigenvalue weighted by molar-refractivity contribution is 0.0953. The Hall–Kier alpha value is -2.58. The number of nitrogens with zero attached hydrogens (tertiary/aromatic N) is 1. The van der Waals surface area contributed by atoms with Crippen molar-refractivity contribution in [2.45, 2.75) is 37.5 Å². The van der Waals surface area contributed by atoms with Gasteiger partial charge in [0.05, 0.1) is 19.1 Å².